The predicted octanol–water partition coefficient (Wildman–Crippen LogP) is 3.48. The summed E-state index contributed by atoms with van der Waals surface area (Å²) in [5, 5.41) is 0. The maximum absolute atomic E-state index is 5.37. The molecule has 1 aliphatic rings. The zero-order chi connectivity index (χ0) is 9.97. The molecule has 1 aromatic carbocycles. The molecule has 1 aromatic rings. The molecule has 74 valence electrons. The van der Waals surface area contributed by atoms with Gasteiger partial charge in [0, 0.05) is 5.92 Å². The number of thiocarbonyl (C=S) groups is 1. The van der Waals surface area contributed by atoms with Gasteiger partial charge in [-0.15, -0.1) is 11.8 Å². The van der Waals surface area contributed by atoms with Crippen LogP contribution in [0.15, 0.2) is 24.3 Å². The van der Waals surface area contributed by atoms with E-state index in [1.54, 1.807) is 11.8 Å². The quantitative estimate of drug-likeness (QED) is 0.667. The first-order valence-corrected chi connectivity index (χ1v) is 6.59. The van der Waals surface area contributed by atoms with Crippen molar-refractivity contribution in [2.75, 3.05) is 6.26 Å². The lowest BCUT2D eigenvalue weighted by molar-refractivity contribution is 0.595. The molecule has 1 aliphatic carbocycles. The minimum Gasteiger partial charge on any atom is -0.122 e. The molecule has 0 saturated heterocycles. The van der Waals surface area contributed by atoms with E-state index in [4.69, 9.17) is 12.2 Å². The number of aryl methyl sites for hydroxylation is 1. The molecular formula is C12H14S2. The van der Waals surface area contributed by atoms with Crippen LogP contribution in [0.2, 0.25) is 0 Å². The Morgan fingerprint density at radius 2 is 2.07 bits per heavy atom. The monoisotopic (exact) mass is 222 g/mol. The van der Waals surface area contributed by atoms with Crippen molar-refractivity contribution in [1.29, 1.82) is 0 Å². The molecule has 2 rings (SSSR count). The zero-order valence-electron chi connectivity index (χ0n) is 8.32. The molecule has 0 fully saturated rings. The lowest BCUT2D eigenvalue weighted by atomic mass is 9.85. The van der Waals surface area contributed by atoms with Crippen molar-refractivity contribution >= 4 is 28.2 Å². The Kier molecular flexibility index (Phi) is 3.24. The van der Waals surface area contributed by atoms with Gasteiger partial charge in [0.15, 0.2) is 0 Å². The van der Waals surface area contributed by atoms with E-state index < -0.39 is 0 Å². The second kappa shape index (κ2) is 4.45. The van der Waals surface area contributed by atoms with Crippen molar-refractivity contribution in [3.05, 3.63) is 35.4 Å². The maximum atomic E-state index is 5.37. The van der Waals surface area contributed by atoms with Crippen LogP contribution in [0.5, 0.6) is 0 Å². The van der Waals surface area contributed by atoms with Gasteiger partial charge in [0.25, 0.3) is 0 Å². The summed E-state index contributed by atoms with van der Waals surface area (Å²) in [6.07, 6.45) is 5.66. The van der Waals surface area contributed by atoms with Gasteiger partial charge >= 0.3 is 0 Å². The van der Waals surface area contributed by atoms with E-state index in [2.05, 4.69) is 30.5 Å². The van der Waals surface area contributed by atoms with Gasteiger partial charge in [-0.1, -0.05) is 36.5 Å². The van der Waals surface area contributed by atoms with Gasteiger partial charge in [-0.3, -0.25) is 0 Å². The average Bonchev–Trinajstić information content (AvgIpc) is 2.27. The van der Waals surface area contributed by atoms with Gasteiger partial charge in [0.1, 0.15) is 0 Å². The van der Waals surface area contributed by atoms with E-state index in [-0.39, 0.29) is 0 Å². The molecule has 0 aromatic heterocycles. The molecule has 0 spiro atoms. The fraction of sp³-hybridized carbons (Fsp3) is 0.417. The molecule has 0 radical (unpaired) electrons. The third-order valence-corrected chi connectivity index (χ3v) is 4.45. The van der Waals surface area contributed by atoms with Gasteiger partial charge in [-0.2, -0.15) is 0 Å². The summed E-state index contributed by atoms with van der Waals surface area (Å²) in [5.74, 6) is 0.620. The Morgan fingerprint density at radius 3 is 2.79 bits per heavy atom. The Morgan fingerprint density at radius 1 is 1.36 bits per heavy atom. The first-order chi connectivity index (χ1) is 6.81. The summed E-state index contributed by atoms with van der Waals surface area (Å²) in [4.78, 5) is 0. The fourth-order valence-electron chi connectivity index (χ4n) is 2.07. The summed E-state index contributed by atoms with van der Waals surface area (Å²) in [7, 11) is 0. The largest absolute Gasteiger partial charge is 0.122 e. The molecular weight excluding hydrogens is 208 g/mol. The molecule has 0 amide bonds. The van der Waals surface area contributed by atoms with E-state index in [0.29, 0.717) is 5.92 Å². The van der Waals surface area contributed by atoms with Crippen LogP contribution in [-0.4, -0.2) is 10.5 Å². The summed E-state index contributed by atoms with van der Waals surface area (Å²) in [6, 6.07) is 8.74. The van der Waals surface area contributed by atoms with Gasteiger partial charge in [0.05, 0.1) is 4.20 Å². The van der Waals surface area contributed by atoms with Crippen LogP contribution in [0.25, 0.3) is 0 Å². The second-order valence-electron chi connectivity index (χ2n) is 3.73. The lowest BCUT2D eigenvalue weighted by Gasteiger charge is -2.24. The normalized spacial score (nSPS) is 20.2. The van der Waals surface area contributed by atoms with Crippen LogP contribution < -0.4 is 0 Å². The third-order valence-electron chi connectivity index (χ3n) is 2.88. The lowest BCUT2D eigenvalue weighted by Crippen LogP contribution is -2.19. The highest BCUT2D eigenvalue weighted by Crippen LogP contribution is 2.28. The molecule has 0 saturated carbocycles. The Balaban J connectivity index is 2.17. The first kappa shape index (κ1) is 10.2. The van der Waals surface area contributed by atoms with E-state index in [1.807, 2.05) is 0 Å². The van der Waals surface area contributed by atoms with Crippen molar-refractivity contribution in [3.8, 4) is 0 Å². The molecule has 0 bridgehead atoms. The first-order valence-electron chi connectivity index (χ1n) is 4.96. The van der Waals surface area contributed by atoms with Gasteiger partial charge in [-0.05, 0) is 36.6 Å². The molecule has 0 N–H and O–H groups in total. The third kappa shape index (κ3) is 2.01. The Hall–Kier alpha value is -0.340. The van der Waals surface area contributed by atoms with Crippen molar-refractivity contribution < 1.29 is 0 Å². The van der Waals surface area contributed by atoms with E-state index in [0.717, 1.165) is 6.42 Å². The Labute approximate surface area is 95.1 Å². The predicted molar refractivity (Wildman–Crippen MR) is 68.1 cm³/mol. The van der Waals surface area contributed by atoms with Crippen LogP contribution in [0.1, 0.15) is 17.5 Å². The Bertz CT molecular complexity index is 344. The smallest absolute Gasteiger partial charge is 0.0510 e. The number of thioether (sulfide) groups is 1. The van der Waals surface area contributed by atoms with Crippen LogP contribution in [-0.2, 0) is 12.8 Å². The molecule has 1 unspecified atom stereocenters. The van der Waals surface area contributed by atoms with E-state index in [9.17, 15) is 0 Å². The van der Waals surface area contributed by atoms with Crippen molar-refractivity contribution in [2.24, 2.45) is 5.92 Å². The number of hydrogen-bond donors (Lipinski definition) is 0. The van der Waals surface area contributed by atoms with E-state index >= 15 is 0 Å². The molecule has 0 heterocycles. The minimum absolute atomic E-state index is 0.620. The molecule has 14 heavy (non-hydrogen) atoms. The zero-order valence-corrected chi connectivity index (χ0v) is 9.96. The highest BCUT2D eigenvalue weighted by atomic mass is 32.2. The molecule has 0 aliphatic heterocycles. The highest BCUT2D eigenvalue weighted by molar-refractivity contribution is 8.22. The van der Waals surface area contributed by atoms with Gasteiger partial charge < -0.3 is 0 Å². The number of fused-ring (bicyclic) bond motifs is 1. The summed E-state index contributed by atoms with van der Waals surface area (Å²) in [5.41, 5.74) is 3.02. The number of hydrogen-bond acceptors (Lipinski definition) is 2. The van der Waals surface area contributed by atoms with Crippen LogP contribution >= 0.6 is 24.0 Å². The average molecular weight is 222 g/mol. The van der Waals surface area contributed by atoms with Crippen LogP contribution in [0.4, 0.5) is 0 Å². The van der Waals surface area contributed by atoms with Crippen LogP contribution in [0, 0.1) is 5.92 Å². The van der Waals surface area contributed by atoms with Crippen molar-refractivity contribution in [3.63, 3.8) is 0 Å². The SMILES string of the molecule is CSC(=S)C1CCc2ccccc2C1. The molecule has 1 atom stereocenters. The summed E-state index contributed by atoms with van der Waals surface area (Å²) >= 11 is 7.10. The topological polar surface area (TPSA) is 0 Å². The number of rotatable bonds is 1. The van der Waals surface area contributed by atoms with E-state index in [1.165, 1.54) is 28.2 Å². The van der Waals surface area contributed by atoms with Gasteiger partial charge in [0.2, 0.25) is 0 Å². The molecule has 2 heteroatoms. The fourth-order valence-corrected chi connectivity index (χ4v) is 2.80. The van der Waals surface area contributed by atoms with Crippen molar-refractivity contribution in [2.45, 2.75) is 19.3 Å². The standard InChI is InChI=1S/C12H14S2/c1-14-12(13)11-7-6-9-4-2-3-5-10(9)8-11/h2-5,11H,6-8H2,1H3. The maximum Gasteiger partial charge on any atom is 0.0510 e. The highest BCUT2D eigenvalue weighted by Gasteiger charge is 2.20. The molecule has 0 nitrogen and oxygen atoms in total. The minimum atomic E-state index is 0.620. The second-order valence-corrected chi connectivity index (χ2v) is 5.28. The van der Waals surface area contributed by atoms with Crippen LogP contribution in [0.3, 0.4) is 0 Å². The summed E-state index contributed by atoms with van der Waals surface area (Å²) in [6.45, 7) is 0. The summed E-state index contributed by atoms with van der Waals surface area (Å²) < 4.78 is 1.18. The number of benzene rings is 1. The van der Waals surface area contributed by atoms with Crippen molar-refractivity contribution in [1.82, 2.24) is 0 Å². The van der Waals surface area contributed by atoms with Gasteiger partial charge in [-0.25, -0.2) is 0 Å².